The van der Waals surface area contributed by atoms with Crippen LogP contribution in [0.4, 0.5) is 0 Å². The highest BCUT2D eigenvalue weighted by Crippen LogP contribution is 2.23. The van der Waals surface area contributed by atoms with Crippen molar-refractivity contribution in [3.8, 4) is 0 Å². The van der Waals surface area contributed by atoms with Gasteiger partial charge in [-0.2, -0.15) is 0 Å². The number of imidazole rings is 1. The summed E-state index contributed by atoms with van der Waals surface area (Å²) in [6, 6.07) is 9.19. The number of primary amides is 1. The van der Waals surface area contributed by atoms with Crippen LogP contribution >= 0.6 is 0 Å². The van der Waals surface area contributed by atoms with Crippen molar-refractivity contribution in [2.45, 2.75) is 12.8 Å². The van der Waals surface area contributed by atoms with Gasteiger partial charge in [0.15, 0.2) is 0 Å². The molecule has 7 heteroatoms. The van der Waals surface area contributed by atoms with Gasteiger partial charge in [0.2, 0.25) is 11.7 Å². The molecule has 3 aromatic rings. The van der Waals surface area contributed by atoms with Crippen LogP contribution in [0.2, 0.25) is 0 Å². The van der Waals surface area contributed by atoms with Gasteiger partial charge in [-0.15, -0.1) is 0 Å². The molecule has 4 rings (SSSR count). The number of hydrogen-bond donors (Lipinski definition) is 1. The zero-order valence-electron chi connectivity index (χ0n) is 14.2. The molecule has 1 aromatic carbocycles. The predicted molar refractivity (Wildman–Crippen MR) is 95.7 cm³/mol. The van der Waals surface area contributed by atoms with Gasteiger partial charge in [-0.05, 0) is 42.5 Å². The van der Waals surface area contributed by atoms with Gasteiger partial charge in [-0.25, -0.2) is 9.97 Å². The Bertz CT molecular complexity index is 948. The summed E-state index contributed by atoms with van der Waals surface area (Å²) in [6.45, 7) is 1.39. The summed E-state index contributed by atoms with van der Waals surface area (Å²) < 4.78 is 1.75. The van der Waals surface area contributed by atoms with E-state index in [0.717, 1.165) is 18.4 Å². The number of rotatable bonds is 4. The summed E-state index contributed by atoms with van der Waals surface area (Å²) in [5.41, 5.74) is 7.35. The number of amides is 2. The molecule has 0 radical (unpaired) electrons. The third-order valence-corrected chi connectivity index (χ3v) is 4.76. The van der Waals surface area contributed by atoms with E-state index in [2.05, 4.69) is 9.97 Å². The van der Waals surface area contributed by atoms with E-state index in [1.165, 1.54) is 0 Å². The van der Waals surface area contributed by atoms with E-state index in [4.69, 9.17) is 5.73 Å². The molecule has 0 bridgehead atoms. The lowest BCUT2D eigenvalue weighted by Crippen LogP contribution is -2.29. The maximum absolute atomic E-state index is 12.7. The van der Waals surface area contributed by atoms with Crippen molar-refractivity contribution >= 4 is 17.6 Å². The first-order chi connectivity index (χ1) is 12.6. The van der Waals surface area contributed by atoms with Crippen LogP contribution in [0.1, 0.15) is 32.8 Å². The Hall–Kier alpha value is -3.22. The van der Waals surface area contributed by atoms with E-state index in [9.17, 15) is 9.59 Å². The highest BCUT2D eigenvalue weighted by Gasteiger charge is 2.28. The molecule has 0 aliphatic carbocycles. The minimum absolute atomic E-state index is 0.0658. The molecule has 1 aliphatic rings. The first-order valence-corrected chi connectivity index (χ1v) is 8.58. The lowest BCUT2D eigenvalue weighted by Gasteiger charge is -2.15. The molecule has 1 atom stereocenters. The molecule has 7 nitrogen and oxygen atoms in total. The smallest absolute Gasteiger partial charge is 0.274 e. The first-order valence-electron chi connectivity index (χ1n) is 8.58. The Kier molecular flexibility index (Phi) is 4.12. The Morgan fingerprint density at radius 1 is 1.27 bits per heavy atom. The summed E-state index contributed by atoms with van der Waals surface area (Å²) in [7, 11) is 0. The molecule has 2 aromatic heterocycles. The van der Waals surface area contributed by atoms with E-state index < -0.39 is 5.91 Å². The molecule has 1 fully saturated rings. The second-order valence-corrected chi connectivity index (χ2v) is 6.63. The maximum Gasteiger partial charge on any atom is 0.274 e. The van der Waals surface area contributed by atoms with E-state index in [1.54, 1.807) is 28.9 Å². The van der Waals surface area contributed by atoms with Gasteiger partial charge in [-0.1, -0.05) is 12.1 Å². The molecule has 1 aliphatic heterocycles. The number of nitrogens with two attached hydrogens (primary N) is 1. The molecule has 0 unspecified atom stereocenters. The first kappa shape index (κ1) is 16.3. The molecule has 2 amide bonds. The highest BCUT2D eigenvalue weighted by atomic mass is 16.2. The minimum Gasteiger partial charge on any atom is -0.366 e. The van der Waals surface area contributed by atoms with Gasteiger partial charge in [-0.3, -0.25) is 14.0 Å². The maximum atomic E-state index is 12.7. The molecule has 0 saturated carbocycles. The van der Waals surface area contributed by atoms with Crippen molar-refractivity contribution in [1.82, 2.24) is 19.3 Å². The van der Waals surface area contributed by atoms with Gasteiger partial charge >= 0.3 is 0 Å². The van der Waals surface area contributed by atoms with Crippen molar-refractivity contribution in [2.24, 2.45) is 11.7 Å². The fourth-order valence-corrected chi connectivity index (χ4v) is 3.46. The summed E-state index contributed by atoms with van der Waals surface area (Å²) >= 11 is 0. The monoisotopic (exact) mass is 349 g/mol. The van der Waals surface area contributed by atoms with Crippen LogP contribution in [0.25, 0.3) is 5.78 Å². The van der Waals surface area contributed by atoms with Crippen molar-refractivity contribution < 1.29 is 9.59 Å². The quantitative estimate of drug-likeness (QED) is 0.773. The molecule has 1 saturated heterocycles. The van der Waals surface area contributed by atoms with Gasteiger partial charge in [0.05, 0.1) is 0 Å². The van der Waals surface area contributed by atoms with E-state index in [1.807, 2.05) is 29.3 Å². The summed E-state index contributed by atoms with van der Waals surface area (Å²) in [5.74, 6) is 0.395. The second-order valence-electron chi connectivity index (χ2n) is 6.63. The Balaban J connectivity index is 1.44. The number of hydrogen-bond acceptors (Lipinski definition) is 4. The highest BCUT2D eigenvalue weighted by molar-refractivity contribution is 5.93. The number of likely N-dealkylation sites (tertiary alicyclic amines) is 1. The third-order valence-electron chi connectivity index (χ3n) is 4.76. The molecule has 132 valence electrons. The lowest BCUT2D eigenvalue weighted by atomic mass is 9.97. The Labute approximate surface area is 150 Å². The fourth-order valence-electron chi connectivity index (χ4n) is 3.46. The average molecular weight is 349 g/mol. The van der Waals surface area contributed by atoms with Gasteiger partial charge in [0, 0.05) is 37.2 Å². The Morgan fingerprint density at radius 2 is 2.15 bits per heavy atom. The molecular formula is C19H19N5O2. The number of nitrogens with zero attached hydrogens (tertiary/aromatic N) is 4. The standard InChI is InChI=1S/C19H19N5O2/c20-17(25)15-4-1-3-13(10-15)9-14-5-8-23(11-14)18(26)16-12-24-7-2-6-21-19(24)22-16/h1-4,6-7,10,12,14H,5,8-9,11H2,(H2,20,25)/t14-/m0/s1. The fraction of sp³-hybridized carbons (Fsp3) is 0.263. The van der Waals surface area contributed by atoms with Gasteiger partial charge in [0.25, 0.3) is 5.91 Å². The number of aromatic nitrogens is 3. The van der Waals surface area contributed by atoms with Gasteiger partial charge < -0.3 is 10.6 Å². The molecule has 2 N–H and O–H groups in total. The number of carbonyl (C=O) groups excluding carboxylic acids is 2. The van der Waals surface area contributed by atoms with Crippen molar-refractivity contribution in [1.29, 1.82) is 0 Å². The van der Waals surface area contributed by atoms with E-state index in [0.29, 0.717) is 36.0 Å². The third kappa shape index (κ3) is 3.15. The molecule has 3 heterocycles. The zero-order valence-corrected chi connectivity index (χ0v) is 14.2. The molecule has 0 spiro atoms. The Morgan fingerprint density at radius 3 is 2.96 bits per heavy atom. The second kappa shape index (κ2) is 6.59. The number of fused-ring (bicyclic) bond motifs is 1. The largest absolute Gasteiger partial charge is 0.366 e. The number of carbonyl (C=O) groups is 2. The van der Waals surface area contributed by atoms with Crippen LogP contribution in [-0.4, -0.2) is 44.2 Å². The van der Waals surface area contributed by atoms with Crippen molar-refractivity contribution in [3.05, 3.63) is 65.7 Å². The molecule has 26 heavy (non-hydrogen) atoms. The minimum atomic E-state index is -0.421. The van der Waals surface area contributed by atoms with E-state index in [-0.39, 0.29) is 5.91 Å². The normalized spacial score (nSPS) is 16.9. The zero-order chi connectivity index (χ0) is 18.1. The van der Waals surface area contributed by atoms with E-state index >= 15 is 0 Å². The summed E-state index contributed by atoms with van der Waals surface area (Å²) in [5, 5.41) is 0. The SMILES string of the molecule is NC(=O)c1cccc(C[C@@H]2CCN(C(=O)c3cn4cccnc4n3)C2)c1. The van der Waals surface area contributed by atoms with Crippen LogP contribution in [0.15, 0.2) is 48.9 Å². The topological polar surface area (TPSA) is 93.6 Å². The number of benzene rings is 1. The van der Waals surface area contributed by atoms with Crippen molar-refractivity contribution in [3.63, 3.8) is 0 Å². The lowest BCUT2D eigenvalue weighted by molar-refractivity contribution is 0.0781. The summed E-state index contributed by atoms with van der Waals surface area (Å²) in [6.07, 6.45) is 6.94. The van der Waals surface area contributed by atoms with Gasteiger partial charge in [0.1, 0.15) is 5.69 Å². The van der Waals surface area contributed by atoms with Crippen molar-refractivity contribution in [2.75, 3.05) is 13.1 Å². The summed E-state index contributed by atoms with van der Waals surface area (Å²) in [4.78, 5) is 34.3. The van der Waals surface area contributed by atoms with Crippen LogP contribution in [0.3, 0.4) is 0 Å². The van der Waals surface area contributed by atoms with Crippen LogP contribution in [0, 0.1) is 5.92 Å². The van der Waals surface area contributed by atoms with Crippen LogP contribution < -0.4 is 5.73 Å². The average Bonchev–Trinajstić information content (AvgIpc) is 3.28. The van der Waals surface area contributed by atoms with Crippen LogP contribution in [-0.2, 0) is 6.42 Å². The molecular weight excluding hydrogens is 330 g/mol. The van der Waals surface area contributed by atoms with Crippen LogP contribution in [0.5, 0.6) is 0 Å². The predicted octanol–water partition coefficient (Wildman–Crippen LogP) is 1.53.